The first-order valence-corrected chi connectivity index (χ1v) is 4.40. The van der Waals surface area contributed by atoms with Crippen LogP contribution in [-0.2, 0) is 0 Å². The van der Waals surface area contributed by atoms with Crippen LogP contribution >= 0.6 is 0 Å². The highest BCUT2D eigenvalue weighted by Crippen LogP contribution is 2.17. The summed E-state index contributed by atoms with van der Waals surface area (Å²) in [5.74, 6) is 0. The largest absolute Gasteiger partial charge is 0.399 e. The Morgan fingerprint density at radius 1 is 1.07 bits per heavy atom. The second-order valence-corrected chi connectivity index (χ2v) is 3.17. The number of nitrogens with zero attached hydrogens (tertiary/aromatic N) is 2. The lowest BCUT2D eigenvalue weighted by atomic mass is 10.1. The minimum Gasteiger partial charge on any atom is -0.399 e. The van der Waals surface area contributed by atoms with Crippen LogP contribution in [-0.4, -0.2) is 9.97 Å². The number of hydrogen-bond acceptors (Lipinski definition) is 3. The van der Waals surface area contributed by atoms with Crippen molar-refractivity contribution in [1.82, 2.24) is 9.97 Å². The van der Waals surface area contributed by atoms with Crippen molar-refractivity contribution in [3.8, 4) is 11.3 Å². The quantitative estimate of drug-likeness (QED) is 0.691. The Morgan fingerprint density at radius 3 is 2.43 bits per heavy atom. The van der Waals surface area contributed by atoms with Gasteiger partial charge in [-0.3, -0.25) is 0 Å². The maximum absolute atomic E-state index is 5.60. The van der Waals surface area contributed by atoms with Crippen molar-refractivity contribution in [1.29, 1.82) is 0 Å². The molecule has 70 valence electrons. The maximum atomic E-state index is 5.60. The molecule has 1 aromatic heterocycles. The Kier molecular flexibility index (Phi) is 2.14. The molecule has 3 heteroatoms. The maximum Gasteiger partial charge on any atom is 0.116 e. The standard InChI is InChI=1S/C11H11N3/c1-8-6-11(14-7-13-8)9-2-4-10(12)5-3-9/h2-7H,12H2,1H3. The summed E-state index contributed by atoms with van der Waals surface area (Å²) in [5.41, 5.74) is 9.32. The average Bonchev–Trinajstić information content (AvgIpc) is 2.19. The summed E-state index contributed by atoms with van der Waals surface area (Å²) in [6.07, 6.45) is 1.57. The topological polar surface area (TPSA) is 51.8 Å². The van der Waals surface area contributed by atoms with Crippen LogP contribution in [0.25, 0.3) is 11.3 Å². The molecule has 2 N–H and O–H groups in total. The number of rotatable bonds is 1. The fourth-order valence-corrected chi connectivity index (χ4v) is 1.27. The highest BCUT2D eigenvalue weighted by Gasteiger charge is 1.98. The predicted molar refractivity (Wildman–Crippen MR) is 56.6 cm³/mol. The van der Waals surface area contributed by atoms with E-state index >= 15 is 0 Å². The minimum absolute atomic E-state index is 0.763. The van der Waals surface area contributed by atoms with Gasteiger partial charge in [-0.15, -0.1) is 0 Å². The first-order chi connectivity index (χ1) is 6.75. The van der Waals surface area contributed by atoms with Gasteiger partial charge in [-0.1, -0.05) is 12.1 Å². The zero-order valence-corrected chi connectivity index (χ0v) is 7.94. The van der Waals surface area contributed by atoms with Gasteiger partial charge < -0.3 is 5.73 Å². The molecule has 0 bridgehead atoms. The van der Waals surface area contributed by atoms with Crippen LogP contribution < -0.4 is 5.73 Å². The lowest BCUT2D eigenvalue weighted by molar-refractivity contribution is 1.11. The molecule has 14 heavy (non-hydrogen) atoms. The van der Waals surface area contributed by atoms with Crippen molar-refractivity contribution in [2.45, 2.75) is 6.92 Å². The summed E-state index contributed by atoms with van der Waals surface area (Å²) in [4.78, 5) is 8.23. The molecule has 2 rings (SSSR count). The van der Waals surface area contributed by atoms with Gasteiger partial charge in [-0.05, 0) is 25.1 Å². The van der Waals surface area contributed by atoms with E-state index in [4.69, 9.17) is 5.73 Å². The molecule has 3 nitrogen and oxygen atoms in total. The second kappa shape index (κ2) is 3.46. The molecule has 1 heterocycles. The summed E-state index contributed by atoms with van der Waals surface area (Å²) < 4.78 is 0. The van der Waals surface area contributed by atoms with Gasteiger partial charge in [-0.2, -0.15) is 0 Å². The first-order valence-electron chi connectivity index (χ1n) is 4.40. The van der Waals surface area contributed by atoms with E-state index in [2.05, 4.69) is 9.97 Å². The van der Waals surface area contributed by atoms with Crippen LogP contribution in [0.5, 0.6) is 0 Å². The molecule has 2 aromatic rings. The highest BCUT2D eigenvalue weighted by molar-refractivity contribution is 5.61. The second-order valence-electron chi connectivity index (χ2n) is 3.17. The molecule has 0 aliphatic rings. The third kappa shape index (κ3) is 1.71. The van der Waals surface area contributed by atoms with Crippen LogP contribution in [0.3, 0.4) is 0 Å². The zero-order chi connectivity index (χ0) is 9.97. The highest BCUT2D eigenvalue weighted by atomic mass is 14.8. The van der Waals surface area contributed by atoms with Crippen molar-refractivity contribution >= 4 is 5.69 Å². The van der Waals surface area contributed by atoms with E-state index in [0.29, 0.717) is 0 Å². The Balaban J connectivity index is 2.44. The zero-order valence-electron chi connectivity index (χ0n) is 7.94. The van der Waals surface area contributed by atoms with Gasteiger partial charge >= 0.3 is 0 Å². The molecule has 0 aliphatic heterocycles. The summed E-state index contributed by atoms with van der Waals surface area (Å²) >= 11 is 0. The van der Waals surface area contributed by atoms with Crippen molar-refractivity contribution in [3.63, 3.8) is 0 Å². The molecule has 1 aromatic carbocycles. The molecular weight excluding hydrogens is 174 g/mol. The molecule has 0 saturated heterocycles. The number of anilines is 1. The SMILES string of the molecule is Cc1cc(-c2ccc(N)cc2)ncn1. The van der Waals surface area contributed by atoms with E-state index in [0.717, 1.165) is 22.6 Å². The van der Waals surface area contributed by atoms with E-state index in [9.17, 15) is 0 Å². The Morgan fingerprint density at radius 2 is 1.79 bits per heavy atom. The van der Waals surface area contributed by atoms with Crippen molar-refractivity contribution in [2.24, 2.45) is 0 Å². The Labute approximate surface area is 82.6 Å². The van der Waals surface area contributed by atoms with E-state index in [-0.39, 0.29) is 0 Å². The Hall–Kier alpha value is -1.90. The molecule has 0 saturated carbocycles. The van der Waals surface area contributed by atoms with E-state index in [1.54, 1.807) is 6.33 Å². The lowest BCUT2D eigenvalue weighted by Gasteiger charge is -2.01. The molecule has 0 fully saturated rings. The van der Waals surface area contributed by atoms with Crippen molar-refractivity contribution < 1.29 is 0 Å². The van der Waals surface area contributed by atoms with Gasteiger partial charge in [0.25, 0.3) is 0 Å². The van der Waals surface area contributed by atoms with Gasteiger partial charge in [0.1, 0.15) is 6.33 Å². The van der Waals surface area contributed by atoms with Gasteiger partial charge in [0, 0.05) is 16.9 Å². The van der Waals surface area contributed by atoms with Crippen LogP contribution in [0.2, 0.25) is 0 Å². The van der Waals surface area contributed by atoms with Crippen LogP contribution in [0.4, 0.5) is 5.69 Å². The molecule has 0 unspecified atom stereocenters. The fourth-order valence-electron chi connectivity index (χ4n) is 1.27. The third-order valence-electron chi connectivity index (χ3n) is 2.01. The summed E-state index contributed by atoms with van der Waals surface area (Å²) in [6, 6.07) is 9.60. The van der Waals surface area contributed by atoms with Crippen molar-refractivity contribution in [2.75, 3.05) is 5.73 Å². The molecular formula is C11H11N3. The molecule has 0 spiro atoms. The average molecular weight is 185 g/mol. The third-order valence-corrected chi connectivity index (χ3v) is 2.01. The Bertz CT molecular complexity index is 435. The number of benzene rings is 1. The van der Waals surface area contributed by atoms with Crippen LogP contribution in [0, 0.1) is 6.92 Å². The van der Waals surface area contributed by atoms with Gasteiger partial charge in [0.2, 0.25) is 0 Å². The van der Waals surface area contributed by atoms with Gasteiger partial charge in [0.05, 0.1) is 5.69 Å². The normalized spacial score (nSPS) is 10.1. The molecule has 0 atom stereocenters. The van der Waals surface area contributed by atoms with E-state index < -0.39 is 0 Å². The molecule has 0 radical (unpaired) electrons. The number of hydrogen-bond donors (Lipinski definition) is 1. The van der Waals surface area contributed by atoms with Crippen LogP contribution in [0.15, 0.2) is 36.7 Å². The van der Waals surface area contributed by atoms with E-state index in [1.165, 1.54) is 0 Å². The first kappa shape index (κ1) is 8.69. The van der Waals surface area contributed by atoms with Gasteiger partial charge in [0.15, 0.2) is 0 Å². The molecule has 0 aliphatic carbocycles. The smallest absolute Gasteiger partial charge is 0.116 e. The monoisotopic (exact) mass is 185 g/mol. The summed E-state index contributed by atoms with van der Waals surface area (Å²) in [5, 5.41) is 0. The van der Waals surface area contributed by atoms with E-state index in [1.807, 2.05) is 37.3 Å². The number of nitrogens with two attached hydrogens (primary N) is 1. The summed E-state index contributed by atoms with van der Waals surface area (Å²) in [7, 11) is 0. The number of aromatic nitrogens is 2. The predicted octanol–water partition coefficient (Wildman–Crippen LogP) is 2.03. The number of nitrogen functional groups attached to an aromatic ring is 1. The van der Waals surface area contributed by atoms with Crippen LogP contribution in [0.1, 0.15) is 5.69 Å². The summed E-state index contributed by atoms with van der Waals surface area (Å²) in [6.45, 7) is 1.95. The lowest BCUT2D eigenvalue weighted by Crippen LogP contribution is -1.88. The van der Waals surface area contributed by atoms with Crippen molar-refractivity contribution in [3.05, 3.63) is 42.4 Å². The number of aryl methyl sites for hydroxylation is 1. The van der Waals surface area contributed by atoms with Gasteiger partial charge in [-0.25, -0.2) is 9.97 Å². The fraction of sp³-hybridized carbons (Fsp3) is 0.0909. The minimum atomic E-state index is 0.763. The molecule has 0 amide bonds.